The summed E-state index contributed by atoms with van der Waals surface area (Å²) in [5.41, 5.74) is -0.558. The molecule has 0 atom stereocenters. The van der Waals surface area contributed by atoms with Crippen LogP contribution in [0.5, 0.6) is 17.4 Å². The zero-order valence-electron chi connectivity index (χ0n) is 15.0. The average molecular weight is 406 g/mol. The zero-order chi connectivity index (χ0) is 21.0. The predicted octanol–water partition coefficient (Wildman–Crippen LogP) is 5.67. The molecule has 1 amide bonds. The molecule has 0 radical (unpaired) electrons. The van der Waals surface area contributed by atoms with Crippen LogP contribution in [0, 0.1) is 5.82 Å². The van der Waals surface area contributed by atoms with Gasteiger partial charge in [0.1, 0.15) is 17.3 Å². The molecular formula is C20H14F4N2O3. The van der Waals surface area contributed by atoms with Crippen LogP contribution in [-0.2, 0) is 6.18 Å². The Hall–Kier alpha value is -3.62. The largest absolute Gasteiger partial charge is 0.439 e. The van der Waals surface area contributed by atoms with Crippen LogP contribution >= 0.6 is 0 Å². The minimum absolute atomic E-state index is 0.0198. The van der Waals surface area contributed by atoms with Crippen LogP contribution in [0.2, 0.25) is 0 Å². The third-order valence-corrected chi connectivity index (χ3v) is 3.78. The number of benzene rings is 2. The summed E-state index contributed by atoms with van der Waals surface area (Å²) < 4.78 is 61.4. The number of amides is 1. The van der Waals surface area contributed by atoms with Gasteiger partial charge in [0.05, 0.1) is 5.56 Å². The number of rotatable bonds is 4. The van der Waals surface area contributed by atoms with Gasteiger partial charge in [-0.25, -0.2) is 14.2 Å². The van der Waals surface area contributed by atoms with Crippen molar-refractivity contribution in [1.29, 1.82) is 0 Å². The normalized spacial score (nSPS) is 11.1. The van der Waals surface area contributed by atoms with Crippen molar-refractivity contribution in [2.24, 2.45) is 0 Å². The second-order valence-corrected chi connectivity index (χ2v) is 5.86. The molecule has 150 valence electrons. The van der Waals surface area contributed by atoms with E-state index in [1.165, 1.54) is 49.5 Å². The smallest absolute Gasteiger partial charge is 0.419 e. The molecule has 0 bridgehead atoms. The summed E-state index contributed by atoms with van der Waals surface area (Å²) in [7, 11) is 1.44. The van der Waals surface area contributed by atoms with Gasteiger partial charge in [-0.3, -0.25) is 4.90 Å². The van der Waals surface area contributed by atoms with Gasteiger partial charge in [0.25, 0.3) is 0 Å². The lowest BCUT2D eigenvalue weighted by atomic mass is 10.3. The van der Waals surface area contributed by atoms with Crippen LogP contribution in [0.3, 0.4) is 0 Å². The maximum absolute atomic E-state index is 13.3. The first-order valence-corrected chi connectivity index (χ1v) is 8.24. The summed E-state index contributed by atoms with van der Waals surface area (Å²) in [6.45, 7) is 0. The number of hydrogen-bond donors (Lipinski definition) is 0. The third kappa shape index (κ3) is 5.22. The molecule has 5 nitrogen and oxygen atoms in total. The average Bonchev–Trinajstić information content (AvgIpc) is 2.68. The van der Waals surface area contributed by atoms with Crippen molar-refractivity contribution >= 4 is 11.8 Å². The number of carbonyl (C=O) groups is 1. The molecule has 3 rings (SSSR count). The number of ether oxygens (including phenoxy) is 2. The van der Waals surface area contributed by atoms with Gasteiger partial charge in [0, 0.05) is 25.0 Å². The van der Waals surface area contributed by atoms with Crippen molar-refractivity contribution in [3.63, 3.8) is 0 Å². The highest BCUT2D eigenvalue weighted by Crippen LogP contribution is 2.30. The molecule has 0 saturated heterocycles. The lowest BCUT2D eigenvalue weighted by molar-refractivity contribution is -0.137. The Balaban J connectivity index is 1.62. The van der Waals surface area contributed by atoms with E-state index in [0.29, 0.717) is 11.9 Å². The fraction of sp³-hybridized carbons (Fsp3) is 0.100. The lowest BCUT2D eigenvalue weighted by Gasteiger charge is -2.17. The van der Waals surface area contributed by atoms with E-state index >= 15 is 0 Å². The quantitative estimate of drug-likeness (QED) is 0.524. The molecule has 29 heavy (non-hydrogen) atoms. The Kier molecular flexibility index (Phi) is 5.67. The Labute approximate surface area is 163 Å². The molecular weight excluding hydrogens is 392 g/mol. The Morgan fingerprint density at radius 1 is 1.00 bits per heavy atom. The minimum atomic E-state index is -4.48. The van der Waals surface area contributed by atoms with Crippen LogP contribution in [0.4, 0.5) is 28.0 Å². The fourth-order valence-corrected chi connectivity index (χ4v) is 2.26. The third-order valence-electron chi connectivity index (χ3n) is 3.78. The maximum atomic E-state index is 13.3. The number of anilines is 1. The van der Waals surface area contributed by atoms with E-state index in [9.17, 15) is 22.4 Å². The van der Waals surface area contributed by atoms with Crippen LogP contribution in [0.15, 0.2) is 66.9 Å². The second kappa shape index (κ2) is 8.17. The van der Waals surface area contributed by atoms with Gasteiger partial charge >= 0.3 is 12.3 Å². The van der Waals surface area contributed by atoms with E-state index in [1.54, 1.807) is 6.07 Å². The number of carbonyl (C=O) groups excluding carboxylic acids is 1. The summed E-state index contributed by atoms with van der Waals surface area (Å²) in [5, 5.41) is 0. The summed E-state index contributed by atoms with van der Waals surface area (Å²) in [5.74, 6) is -0.0179. The Morgan fingerprint density at radius 2 is 1.69 bits per heavy atom. The number of alkyl halides is 3. The molecule has 0 aliphatic heterocycles. The van der Waals surface area contributed by atoms with E-state index in [2.05, 4.69) is 4.98 Å². The van der Waals surface area contributed by atoms with Crippen LogP contribution in [0.1, 0.15) is 5.56 Å². The number of pyridine rings is 1. The van der Waals surface area contributed by atoms with Gasteiger partial charge in [-0.2, -0.15) is 13.2 Å². The first-order chi connectivity index (χ1) is 13.7. The van der Waals surface area contributed by atoms with Crippen LogP contribution in [0.25, 0.3) is 0 Å². The topological polar surface area (TPSA) is 51.7 Å². The van der Waals surface area contributed by atoms with Gasteiger partial charge in [0.2, 0.25) is 5.88 Å². The lowest BCUT2D eigenvalue weighted by Crippen LogP contribution is -2.29. The van der Waals surface area contributed by atoms with Gasteiger partial charge in [-0.05, 0) is 48.5 Å². The monoisotopic (exact) mass is 406 g/mol. The van der Waals surface area contributed by atoms with Gasteiger partial charge in [-0.15, -0.1) is 0 Å². The maximum Gasteiger partial charge on any atom is 0.419 e. The van der Waals surface area contributed by atoms with Gasteiger partial charge in [-0.1, -0.05) is 6.07 Å². The Bertz CT molecular complexity index is 990. The summed E-state index contributed by atoms with van der Waals surface area (Å²) in [6.07, 6.45) is -4.53. The van der Waals surface area contributed by atoms with Crippen LogP contribution < -0.4 is 14.4 Å². The number of nitrogens with zero attached hydrogens (tertiary/aromatic N) is 2. The van der Waals surface area contributed by atoms with Crippen LogP contribution in [-0.4, -0.2) is 18.1 Å². The molecule has 0 N–H and O–H groups in total. The molecule has 1 aromatic heterocycles. The molecule has 0 unspecified atom stereocenters. The van der Waals surface area contributed by atoms with Crippen molar-refractivity contribution in [3.05, 3.63) is 78.2 Å². The van der Waals surface area contributed by atoms with E-state index in [4.69, 9.17) is 9.47 Å². The second-order valence-electron chi connectivity index (χ2n) is 5.86. The molecule has 0 saturated carbocycles. The Morgan fingerprint density at radius 3 is 2.28 bits per heavy atom. The first-order valence-electron chi connectivity index (χ1n) is 8.24. The minimum Gasteiger partial charge on any atom is -0.439 e. The molecule has 0 spiro atoms. The molecule has 0 fully saturated rings. The molecule has 2 aromatic carbocycles. The highest BCUT2D eigenvalue weighted by molar-refractivity contribution is 5.88. The van der Waals surface area contributed by atoms with Crippen molar-refractivity contribution in [2.75, 3.05) is 11.9 Å². The van der Waals surface area contributed by atoms with Gasteiger partial charge < -0.3 is 9.47 Å². The summed E-state index contributed by atoms with van der Waals surface area (Å²) in [6, 6.07) is 13.2. The standard InChI is InChI=1S/C20H14F4N2O3/c1-26(15-4-2-3-14(21)11-15)19(27)29-17-8-6-16(7-9-17)28-18-10-5-13(12-25-18)20(22,23)24/h2-12H,1H3. The SMILES string of the molecule is CN(C(=O)Oc1ccc(Oc2ccc(C(F)(F)F)cn2)cc1)c1cccc(F)c1. The number of halogens is 4. The van der Waals surface area contributed by atoms with Crippen molar-refractivity contribution in [2.45, 2.75) is 6.18 Å². The van der Waals surface area contributed by atoms with E-state index < -0.39 is 23.7 Å². The first kappa shape index (κ1) is 20.1. The molecule has 0 aliphatic rings. The van der Waals surface area contributed by atoms with E-state index in [1.807, 2.05) is 0 Å². The number of aromatic nitrogens is 1. The molecule has 9 heteroatoms. The molecule has 3 aromatic rings. The fourth-order valence-electron chi connectivity index (χ4n) is 2.26. The number of hydrogen-bond acceptors (Lipinski definition) is 4. The van der Waals surface area contributed by atoms with Gasteiger partial charge in [0.15, 0.2) is 0 Å². The predicted molar refractivity (Wildman–Crippen MR) is 96.6 cm³/mol. The van der Waals surface area contributed by atoms with Crippen molar-refractivity contribution in [1.82, 2.24) is 4.98 Å². The van der Waals surface area contributed by atoms with Crippen molar-refractivity contribution in [3.8, 4) is 17.4 Å². The highest BCUT2D eigenvalue weighted by atomic mass is 19.4. The summed E-state index contributed by atoms with van der Waals surface area (Å²) >= 11 is 0. The van der Waals surface area contributed by atoms with E-state index in [-0.39, 0.29) is 17.4 Å². The zero-order valence-corrected chi connectivity index (χ0v) is 15.0. The highest BCUT2D eigenvalue weighted by Gasteiger charge is 2.30. The molecule has 1 heterocycles. The summed E-state index contributed by atoms with van der Waals surface area (Å²) in [4.78, 5) is 16.9. The van der Waals surface area contributed by atoms with Crippen molar-refractivity contribution < 1.29 is 31.8 Å². The van der Waals surface area contributed by atoms with E-state index in [0.717, 1.165) is 17.0 Å². The molecule has 0 aliphatic carbocycles.